The van der Waals surface area contributed by atoms with Gasteiger partial charge in [0.2, 0.25) is 0 Å². The van der Waals surface area contributed by atoms with Crippen molar-refractivity contribution in [2.45, 2.75) is 0 Å². The van der Waals surface area contributed by atoms with Crippen molar-refractivity contribution in [3.8, 4) is 0 Å². The number of fused-ring (bicyclic) bond motifs is 1. The van der Waals surface area contributed by atoms with E-state index in [1.807, 2.05) is 24.3 Å². The molecule has 1 aromatic heterocycles. The zero-order chi connectivity index (χ0) is 19.0. The molecule has 0 saturated heterocycles. The SMILES string of the molecule is [Au+].c1ccc([PH+](c2ccccc2)c2ccccc2)cc1.c1ccc2[n-]nnc2c1. The summed E-state index contributed by atoms with van der Waals surface area (Å²) in [5.74, 6) is 0. The maximum atomic E-state index is 3.76. The van der Waals surface area contributed by atoms with Gasteiger partial charge in [-0.15, -0.1) is 0 Å². The summed E-state index contributed by atoms with van der Waals surface area (Å²) in [4.78, 5) is 0. The minimum Gasteiger partial charge on any atom is -0.350 e. The molecule has 0 N–H and O–H groups in total. The normalized spacial score (nSPS) is 10.1. The van der Waals surface area contributed by atoms with Gasteiger partial charge in [-0.3, -0.25) is 5.21 Å². The van der Waals surface area contributed by atoms with Crippen molar-refractivity contribution in [2.24, 2.45) is 0 Å². The van der Waals surface area contributed by atoms with E-state index in [1.165, 1.54) is 15.9 Å². The molecule has 5 rings (SSSR count). The molecule has 0 atom stereocenters. The fraction of sp³-hybridized carbons (Fsp3) is 0. The van der Waals surface area contributed by atoms with Gasteiger partial charge in [0, 0.05) is 0 Å². The summed E-state index contributed by atoms with van der Waals surface area (Å²) >= 11 is 0. The maximum absolute atomic E-state index is 3.76. The van der Waals surface area contributed by atoms with Crippen LogP contribution in [0, 0.1) is 0 Å². The van der Waals surface area contributed by atoms with Crippen LogP contribution in [0.5, 0.6) is 0 Å². The zero-order valence-electron chi connectivity index (χ0n) is 15.6. The van der Waals surface area contributed by atoms with Gasteiger partial charge in [0.15, 0.2) is 0 Å². The van der Waals surface area contributed by atoms with E-state index in [9.17, 15) is 0 Å². The van der Waals surface area contributed by atoms with Crippen molar-refractivity contribution in [3.05, 3.63) is 115 Å². The average molecular weight is 578 g/mol. The summed E-state index contributed by atoms with van der Waals surface area (Å²) in [6, 6.07) is 40.1. The molecule has 0 aliphatic heterocycles. The van der Waals surface area contributed by atoms with Crippen LogP contribution < -0.4 is 21.0 Å². The predicted octanol–water partition coefficient (Wildman–Crippen LogP) is 3.76. The first-order valence-corrected chi connectivity index (χ1v) is 10.7. The third kappa shape index (κ3) is 5.50. The van der Waals surface area contributed by atoms with Crippen molar-refractivity contribution in [1.82, 2.24) is 15.4 Å². The molecule has 0 fully saturated rings. The Balaban J connectivity index is 0.000000201. The fourth-order valence-electron chi connectivity index (χ4n) is 3.07. The summed E-state index contributed by atoms with van der Waals surface area (Å²) in [7, 11) is -0.877. The third-order valence-electron chi connectivity index (χ3n) is 4.37. The first kappa shape index (κ1) is 21.2. The molecule has 29 heavy (non-hydrogen) atoms. The Morgan fingerprint density at radius 2 is 0.931 bits per heavy atom. The van der Waals surface area contributed by atoms with Gasteiger partial charge in [0.25, 0.3) is 0 Å². The maximum Gasteiger partial charge on any atom is 1.00 e. The Labute approximate surface area is 187 Å². The van der Waals surface area contributed by atoms with Crippen LogP contribution >= 0.6 is 7.92 Å². The van der Waals surface area contributed by atoms with Crippen LogP contribution in [0.4, 0.5) is 0 Å². The molecule has 0 aliphatic rings. The van der Waals surface area contributed by atoms with Crippen molar-refractivity contribution in [2.75, 3.05) is 0 Å². The molecule has 1 heterocycles. The van der Waals surface area contributed by atoms with Crippen LogP contribution in [0.2, 0.25) is 0 Å². The van der Waals surface area contributed by atoms with Gasteiger partial charge < -0.3 is 10.2 Å². The number of nitrogens with zero attached hydrogens (tertiary/aromatic N) is 3. The van der Waals surface area contributed by atoms with Crippen LogP contribution in [0.1, 0.15) is 0 Å². The van der Waals surface area contributed by atoms with E-state index in [1.54, 1.807) is 0 Å². The quantitative estimate of drug-likeness (QED) is 0.242. The van der Waals surface area contributed by atoms with Crippen molar-refractivity contribution < 1.29 is 22.4 Å². The summed E-state index contributed by atoms with van der Waals surface area (Å²) in [6.45, 7) is 0. The van der Waals surface area contributed by atoms with Gasteiger partial charge in [-0.2, -0.15) is 0 Å². The Morgan fingerprint density at radius 1 is 0.517 bits per heavy atom. The summed E-state index contributed by atoms with van der Waals surface area (Å²) in [5, 5.41) is 15.3. The van der Waals surface area contributed by atoms with Crippen molar-refractivity contribution >= 4 is 34.9 Å². The van der Waals surface area contributed by atoms with E-state index >= 15 is 0 Å². The Morgan fingerprint density at radius 3 is 1.38 bits per heavy atom. The Bertz CT molecular complexity index is 992. The van der Waals surface area contributed by atoms with E-state index in [2.05, 4.69) is 106 Å². The molecule has 0 radical (unpaired) electrons. The second kappa shape index (κ2) is 10.8. The fourth-order valence-corrected chi connectivity index (χ4v) is 5.64. The van der Waals surface area contributed by atoms with Crippen LogP contribution in [-0.4, -0.2) is 10.3 Å². The van der Waals surface area contributed by atoms with E-state index < -0.39 is 7.92 Å². The molecule has 0 aliphatic carbocycles. The van der Waals surface area contributed by atoms with E-state index in [-0.39, 0.29) is 22.4 Å². The largest absolute Gasteiger partial charge is 1.00 e. The molecule has 0 amide bonds. The summed E-state index contributed by atoms with van der Waals surface area (Å²) in [6.07, 6.45) is 0. The van der Waals surface area contributed by atoms with Crippen LogP contribution in [0.3, 0.4) is 0 Å². The number of benzene rings is 4. The first-order chi connectivity index (χ1) is 13.9. The van der Waals surface area contributed by atoms with Gasteiger partial charge in [0.05, 0.1) is 7.92 Å². The average Bonchev–Trinajstić information content (AvgIpc) is 3.26. The molecule has 5 heteroatoms. The monoisotopic (exact) mass is 578 g/mol. The minimum atomic E-state index is -0.877. The number of rotatable bonds is 3. The summed E-state index contributed by atoms with van der Waals surface area (Å²) < 4.78 is 0. The topological polar surface area (TPSA) is 39.9 Å². The van der Waals surface area contributed by atoms with Gasteiger partial charge in [-0.1, -0.05) is 78.9 Å². The summed E-state index contributed by atoms with van der Waals surface area (Å²) in [5.41, 5.74) is 1.72. The molecule has 0 saturated carbocycles. The number of hydrogen-bond donors (Lipinski definition) is 0. The molecule has 3 nitrogen and oxygen atoms in total. The first-order valence-electron chi connectivity index (χ1n) is 9.16. The van der Waals surface area contributed by atoms with Crippen LogP contribution in [-0.2, 0) is 22.4 Å². The van der Waals surface area contributed by atoms with E-state index in [4.69, 9.17) is 0 Å². The number of hydrogen-bond acceptors (Lipinski definition) is 2. The molecule has 0 bridgehead atoms. The number of aromatic nitrogens is 3. The van der Waals surface area contributed by atoms with Crippen LogP contribution in [0.25, 0.3) is 11.0 Å². The molecular formula is C24H20AuN3P+. The molecule has 5 aromatic rings. The standard InChI is InChI=1S/C18H15P.C6H4N3.Au/c1-4-10-16(11-5-1)19(17-12-6-2-7-13-17)18-14-8-3-9-15-18;1-2-4-6-5(3-1)7-9-8-6;/h1-15H;1-4H;/q;-1;+1/p+1. The second-order valence-corrected chi connectivity index (χ2v) is 8.73. The van der Waals surface area contributed by atoms with Gasteiger partial charge in [-0.25, -0.2) is 0 Å². The molecule has 146 valence electrons. The molecule has 0 unspecified atom stereocenters. The van der Waals surface area contributed by atoms with Crippen LogP contribution in [0.15, 0.2) is 115 Å². The smallest absolute Gasteiger partial charge is 0.350 e. The second-order valence-electron chi connectivity index (χ2n) is 6.25. The molecular weight excluding hydrogens is 558 g/mol. The van der Waals surface area contributed by atoms with Crippen molar-refractivity contribution in [3.63, 3.8) is 0 Å². The zero-order valence-corrected chi connectivity index (χ0v) is 18.8. The predicted molar refractivity (Wildman–Crippen MR) is 119 cm³/mol. The molecule has 4 aromatic carbocycles. The minimum absolute atomic E-state index is 0. The third-order valence-corrected chi connectivity index (χ3v) is 7.11. The van der Waals surface area contributed by atoms with E-state index in [0.717, 1.165) is 11.0 Å². The van der Waals surface area contributed by atoms with Crippen molar-refractivity contribution in [1.29, 1.82) is 0 Å². The Kier molecular flexibility index (Phi) is 7.92. The Hall–Kier alpha value is -2.55. The van der Waals surface area contributed by atoms with Gasteiger partial charge in [-0.05, 0) is 47.4 Å². The molecule has 0 spiro atoms. The van der Waals surface area contributed by atoms with Gasteiger partial charge in [0.1, 0.15) is 15.9 Å². The van der Waals surface area contributed by atoms with E-state index in [0.29, 0.717) is 0 Å². The van der Waals surface area contributed by atoms with Gasteiger partial charge >= 0.3 is 22.4 Å².